The van der Waals surface area contributed by atoms with Crippen LogP contribution in [0.4, 0.5) is 4.79 Å². The molecule has 2 aromatic carbocycles. The number of benzene rings is 2. The maximum absolute atomic E-state index is 12.3. The van der Waals surface area contributed by atoms with Gasteiger partial charge in [0.1, 0.15) is 4.32 Å². The molecule has 1 aliphatic rings. The van der Waals surface area contributed by atoms with Gasteiger partial charge in [-0.3, -0.25) is 14.9 Å². The number of rotatable bonds is 3. The van der Waals surface area contributed by atoms with Gasteiger partial charge in [0.05, 0.1) is 0 Å². The maximum Gasteiger partial charge on any atom is 0.318 e. The number of carbonyl (C=O) groups excluding carboxylic acids is 3. The Bertz CT molecular complexity index is 826. The summed E-state index contributed by atoms with van der Waals surface area (Å²) in [6.45, 7) is 3.72. The summed E-state index contributed by atoms with van der Waals surface area (Å²) >= 11 is 3.26. The summed E-state index contributed by atoms with van der Waals surface area (Å²) in [6, 6.07) is 15.0. The Morgan fingerprint density at radius 3 is 1.79 bits per heavy atom. The summed E-state index contributed by atoms with van der Waals surface area (Å²) in [6.07, 6.45) is 3.14. The van der Waals surface area contributed by atoms with Crippen LogP contribution in [-0.2, 0) is 17.6 Å². The summed E-state index contributed by atoms with van der Waals surface area (Å²) in [5.41, 5.74) is 8.88. The van der Waals surface area contributed by atoms with Gasteiger partial charge in [0.2, 0.25) is 5.91 Å². The molecule has 5 nitrogen and oxygen atoms in total. The van der Waals surface area contributed by atoms with Crippen molar-refractivity contribution < 1.29 is 14.4 Å². The van der Waals surface area contributed by atoms with Crippen LogP contribution in [0.3, 0.4) is 0 Å². The largest absolute Gasteiger partial charge is 0.351 e. The number of fused-ring (bicyclic) bond motifs is 2. The summed E-state index contributed by atoms with van der Waals surface area (Å²) in [4.78, 5) is 34.0. The molecule has 3 rings (SSSR count). The highest BCUT2D eigenvalue weighted by Gasteiger charge is 2.32. The first-order valence-electron chi connectivity index (χ1n) is 9.32. The molecule has 3 N–H and O–H groups in total. The van der Waals surface area contributed by atoms with Crippen LogP contribution in [-0.4, -0.2) is 22.0 Å². The monoisotopic (exact) mass is 444 g/mol. The van der Waals surface area contributed by atoms with Gasteiger partial charge < -0.3 is 5.73 Å². The number of imide groups is 1. The van der Waals surface area contributed by atoms with E-state index >= 15 is 0 Å². The minimum Gasteiger partial charge on any atom is -0.351 e. The molecule has 0 bridgehead atoms. The molecule has 28 heavy (non-hydrogen) atoms. The molecular formula is C22H25BrN2O3. The van der Waals surface area contributed by atoms with Gasteiger partial charge in [0, 0.05) is 11.1 Å². The number of hydrogen-bond donors (Lipinski definition) is 2. The predicted octanol–water partition coefficient (Wildman–Crippen LogP) is 4.15. The van der Waals surface area contributed by atoms with Crippen LogP contribution in [0.15, 0.2) is 48.5 Å². The van der Waals surface area contributed by atoms with Crippen molar-refractivity contribution in [3.8, 4) is 0 Å². The van der Waals surface area contributed by atoms with Crippen molar-refractivity contribution in [3.63, 3.8) is 0 Å². The fourth-order valence-corrected chi connectivity index (χ4v) is 3.23. The minimum absolute atomic E-state index is 0.170. The lowest BCUT2D eigenvalue weighted by Gasteiger charge is -2.21. The Morgan fingerprint density at radius 2 is 1.39 bits per heavy atom. The smallest absolute Gasteiger partial charge is 0.318 e. The summed E-state index contributed by atoms with van der Waals surface area (Å²) in [7, 11) is 0. The highest BCUT2D eigenvalue weighted by atomic mass is 79.9. The first kappa shape index (κ1) is 21.8. The Morgan fingerprint density at radius 1 is 0.964 bits per heavy atom. The average molecular weight is 445 g/mol. The fourth-order valence-electron chi connectivity index (χ4n) is 3.13. The second-order valence-electron chi connectivity index (χ2n) is 6.63. The topological polar surface area (TPSA) is 89.3 Å². The molecule has 0 aromatic heterocycles. The first-order valence-corrected chi connectivity index (χ1v) is 10.1. The molecule has 0 saturated carbocycles. The summed E-state index contributed by atoms with van der Waals surface area (Å²) in [5, 5.41) is 2.04. The second-order valence-corrected chi connectivity index (χ2v) is 8.15. The van der Waals surface area contributed by atoms with Gasteiger partial charge in [-0.15, -0.1) is 0 Å². The maximum atomic E-state index is 12.3. The Balaban J connectivity index is 0.000000211. The zero-order valence-electron chi connectivity index (χ0n) is 16.1. The Labute approximate surface area is 173 Å². The third kappa shape index (κ3) is 5.07. The van der Waals surface area contributed by atoms with Crippen molar-refractivity contribution in [2.45, 2.75) is 43.9 Å². The van der Waals surface area contributed by atoms with E-state index in [2.05, 4.69) is 28.1 Å². The molecule has 2 aromatic rings. The molecule has 0 radical (unpaired) electrons. The molecular weight excluding hydrogens is 420 g/mol. The summed E-state index contributed by atoms with van der Waals surface area (Å²) < 4.78 is -0.665. The fraction of sp³-hybridized carbons (Fsp3) is 0.318. The van der Waals surface area contributed by atoms with Crippen LogP contribution in [0.1, 0.15) is 53.7 Å². The van der Waals surface area contributed by atoms with E-state index in [1.165, 1.54) is 11.1 Å². The third-order valence-electron chi connectivity index (χ3n) is 4.95. The number of urea groups is 1. The van der Waals surface area contributed by atoms with E-state index in [-0.39, 0.29) is 11.7 Å². The van der Waals surface area contributed by atoms with Crippen LogP contribution in [0, 0.1) is 0 Å². The van der Waals surface area contributed by atoms with Crippen LogP contribution >= 0.6 is 15.9 Å². The molecule has 6 heteroatoms. The van der Waals surface area contributed by atoms with E-state index in [0.717, 1.165) is 24.0 Å². The van der Waals surface area contributed by atoms with Crippen molar-refractivity contribution in [1.82, 2.24) is 5.32 Å². The van der Waals surface area contributed by atoms with Gasteiger partial charge in [0.25, 0.3) is 0 Å². The SMILES string of the molecule is CCC(Br)(CC)C(=O)NC(N)=O.O=C1c2ccccc2CCc2ccccc21. The van der Waals surface area contributed by atoms with Crippen LogP contribution in [0.2, 0.25) is 0 Å². The van der Waals surface area contributed by atoms with E-state index in [1.807, 2.05) is 55.6 Å². The lowest BCUT2D eigenvalue weighted by Crippen LogP contribution is -2.46. The number of alkyl halides is 1. The normalized spacial score (nSPS) is 12.6. The highest BCUT2D eigenvalue weighted by molar-refractivity contribution is 9.10. The van der Waals surface area contributed by atoms with Crippen LogP contribution in [0.25, 0.3) is 0 Å². The lowest BCUT2D eigenvalue weighted by atomic mass is 9.99. The summed E-state index contributed by atoms with van der Waals surface area (Å²) in [5.74, 6) is -0.205. The quantitative estimate of drug-likeness (QED) is 0.696. The number of ketones is 1. The van der Waals surface area contributed by atoms with E-state index < -0.39 is 10.4 Å². The Kier molecular flexibility index (Phi) is 7.52. The zero-order chi connectivity index (χ0) is 20.7. The number of nitrogens with two attached hydrogens (primary N) is 1. The van der Waals surface area contributed by atoms with Gasteiger partial charge in [-0.05, 0) is 36.8 Å². The van der Waals surface area contributed by atoms with Crippen molar-refractivity contribution in [1.29, 1.82) is 0 Å². The van der Waals surface area contributed by atoms with Crippen LogP contribution < -0.4 is 11.1 Å². The van der Waals surface area contributed by atoms with Gasteiger partial charge in [-0.2, -0.15) is 0 Å². The van der Waals surface area contributed by atoms with Gasteiger partial charge in [-0.25, -0.2) is 4.79 Å². The minimum atomic E-state index is -0.814. The average Bonchev–Trinajstić information content (AvgIpc) is 2.85. The Hall–Kier alpha value is -2.47. The number of amides is 3. The zero-order valence-corrected chi connectivity index (χ0v) is 17.7. The van der Waals surface area contributed by atoms with Gasteiger partial charge >= 0.3 is 6.03 Å². The molecule has 0 aliphatic heterocycles. The molecule has 148 valence electrons. The second kappa shape index (κ2) is 9.64. The molecule has 0 heterocycles. The number of hydrogen-bond acceptors (Lipinski definition) is 3. The number of carbonyl (C=O) groups is 3. The number of aryl methyl sites for hydroxylation is 2. The van der Waals surface area contributed by atoms with Crippen molar-refractivity contribution >= 4 is 33.7 Å². The first-order chi connectivity index (χ1) is 13.3. The van der Waals surface area contributed by atoms with Crippen LogP contribution in [0.5, 0.6) is 0 Å². The van der Waals surface area contributed by atoms with Crippen molar-refractivity contribution in [2.75, 3.05) is 0 Å². The van der Waals surface area contributed by atoms with Crippen molar-refractivity contribution in [3.05, 3.63) is 70.8 Å². The molecule has 0 unspecified atom stereocenters. The van der Waals surface area contributed by atoms with E-state index in [9.17, 15) is 14.4 Å². The third-order valence-corrected chi connectivity index (χ3v) is 6.43. The number of nitrogens with one attached hydrogen (secondary N) is 1. The van der Waals surface area contributed by atoms with E-state index in [1.54, 1.807) is 0 Å². The number of halogens is 1. The van der Waals surface area contributed by atoms with E-state index in [4.69, 9.17) is 5.73 Å². The van der Waals surface area contributed by atoms with Gasteiger partial charge in [0.15, 0.2) is 5.78 Å². The molecule has 0 spiro atoms. The van der Waals surface area contributed by atoms with Gasteiger partial charge in [-0.1, -0.05) is 78.3 Å². The molecule has 0 fully saturated rings. The molecule has 3 amide bonds. The molecule has 0 atom stereocenters. The highest BCUT2D eigenvalue weighted by Crippen LogP contribution is 2.26. The standard InChI is InChI=1S/C15H12O.C7H13BrN2O2/c16-15-13-7-3-1-5-11(13)9-10-12-6-2-4-8-14(12)15;1-3-7(8,4-2)5(11)10-6(9)12/h1-8H,9-10H2;3-4H2,1-2H3,(H3,9,10,11,12). The lowest BCUT2D eigenvalue weighted by molar-refractivity contribution is -0.122. The number of primary amides is 1. The molecule has 0 saturated heterocycles. The molecule has 1 aliphatic carbocycles. The van der Waals surface area contributed by atoms with Crippen molar-refractivity contribution in [2.24, 2.45) is 5.73 Å². The van der Waals surface area contributed by atoms with E-state index in [0.29, 0.717) is 12.8 Å². The predicted molar refractivity (Wildman–Crippen MR) is 114 cm³/mol.